The molecule has 2 saturated heterocycles. The van der Waals surface area contributed by atoms with Crippen molar-refractivity contribution in [1.29, 1.82) is 0 Å². The minimum atomic E-state index is -2.58. The van der Waals surface area contributed by atoms with Gasteiger partial charge in [-0.25, -0.2) is 4.79 Å². The van der Waals surface area contributed by atoms with E-state index in [1.807, 2.05) is 30.3 Å². The first-order valence-corrected chi connectivity index (χ1v) is 12.5. The predicted octanol–water partition coefficient (Wildman–Crippen LogP) is 3.17. The Bertz CT molecular complexity index is 1070. The van der Waals surface area contributed by atoms with Crippen LogP contribution in [0.1, 0.15) is 25.8 Å². The number of aliphatic hydroxyl groups is 1. The summed E-state index contributed by atoms with van der Waals surface area (Å²) in [4.78, 5) is 42.6. The molecule has 2 aliphatic rings. The molecule has 0 saturated carbocycles. The first-order valence-electron chi connectivity index (χ1n) is 10.6. The maximum Gasteiger partial charge on any atom is 0.330 e. The van der Waals surface area contributed by atoms with Crippen LogP contribution in [0.4, 0.5) is 10.5 Å². The van der Waals surface area contributed by atoms with Crippen molar-refractivity contribution in [2.45, 2.75) is 43.0 Å². The Morgan fingerprint density at radius 3 is 2.36 bits per heavy atom. The third-order valence-corrected chi connectivity index (χ3v) is 11.5. The molecule has 0 unspecified atom stereocenters. The summed E-state index contributed by atoms with van der Waals surface area (Å²) in [6.07, 6.45) is 0.108. The van der Waals surface area contributed by atoms with Crippen LogP contribution < -0.4 is 4.90 Å². The van der Waals surface area contributed by atoms with Crippen molar-refractivity contribution < 1.29 is 29.3 Å². The number of phenolic OH excluding ortho intramolecular Hbond substituents is 1. The average molecular weight is 473 g/mol. The Kier molecular flexibility index (Phi) is 5.88. The molecule has 2 aliphatic heterocycles. The summed E-state index contributed by atoms with van der Waals surface area (Å²) >= 11 is 0. The molecule has 33 heavy (non-hydrogen) atoms. The van der Waals surface area contributed by atoms with Crippen LogP contribution in [0.25, 0.3) is 0 Å². The summed E-state index contributed by atoms with van der Waals surface area (Å²) < 4.78 is 4.55. The predicted molar refractivity (Wildman–Crippen MR) is 126 cm³/mol. The van der Waals surface area contributed by atoms with Gasteiger partial charge in [0.1, 0.15) is 18.4 Å². The van der Waals surface area contributed by atoms with Gasteiger partial charge in [0, 0.05) is 17.5 Å². The Hall–Kier alpha value is -3.04. The molecule has 0 radical (unpaired) electrons. The molecule has 2 heterocycles. The number of benzene rings is 2. The van der Waals surface area contributed by atoms with E-state index in [-0.39, 0.29) is 29.9 Å². The fraction of sp³-hybridized carbons (Fsp3) is 0.375. The van der Waals surface area contributed by atoms with Crippen molar-refractivity contribution in [3.63, 3.8) is 0 Å². The van der Waals surface area contributed by atoms with Crippen molar-refractivity contribution in [2.75, 3.05) is 17.9 Å². The monoisotopic (exact) mass is 472 g/mol. The van der Waals surface area contributed by atoms with Crippen LogP contribution in [0.2, 0.25) is 0 Å². The number of carbonyl (C=O) groups is 3. The van der Waals surface area contributed by atoms with E-state index >= 15 is 0 Å². The summed E-state index contributed by atoms with van der Waals surface area (Å²) in [6, 6.07) is 14.4. The summed E-state index contributed by atoms with van der Waals surface area (Å²) in [6.45, 7) is 3.59. The smallest absolute Gasteiger partial charge is 0.330 e. The minimum absolute atomic E-state index is 0.0573. The number of aromatic hydroxyl groups is 1. The topological polar surface area (TPSA) is 107 Å². The lowest BCUT2D eigenvalue weighted by atomic mass is 9.98. The van der Waals surface area contributed by atoms with Crippen molar-refractivity contribution in [2.24, 2.45) is 0 Å². The van der Waals surface area contributed by atoms with Crippen molar-refractivity contribution in [3.8, 4) is 5.75 Å². The van der Waals surface area contributed by atoms with Gasteiger partial charge >= 0.3 is 5.97 Å². The molecule has 0 spiro atoms. The fourth-order valence-electron chi connectivity index (χ4n) is 4.81. The van der Waals surface area contributed by atoms with Gasteiger partial charge in [-0.3, -0.25) is 9.59 Å². The van der Waals surface area contributed by atoms with Crippen LogP contribution in [0.3, 0.4) is 0 Å². The number of amides is 2. The Morgan fingerprint density at radius 2 is 1.79 bits per heavy atom. The standard InChI is InChI=1S/C24H28N2O6S/c1-24(2)21(22(30)32-14-16-7-5-4-6-8-16)26-19(29)13-20(26)33(24,15-27)23(31)25(3)17-9-11-18(28)12-10-17/h4-12,20-21,27-28H,13-15H2,1-3H3/t20-,21+/m1/s1. The van der Waals surface area contributed by atoms with Gasteiger partial charge in [0.2, 0.25) is 5.91 Å². The van der Waals surface area contributed by atoms with Crippen LogP contribution in [0, 0.1) is 0 Å². The molecular weight excluding hydrogens is 444 g/mol. The number of carbonyl (C=O) groups excluding carboxylic acids is 3. The van der Waals surface area contributed by atoms with Gasteiger partial charge in [-0.1, -0.05) is 30.3 Å². The molecule has 8 nitrogen and oxygen atoms in total. The third kappa shape index (κ3) is 3.46. The number of hydrogen-bond donors (Lipinski definition) is 2. The minimum Gasteiger partial charge on any atom is -0.508 e. The summed E-state index contributed by atoms with van der Waals surface area (Å²) in [5.41, 5.74) is 1.36. The normalized spacial score (nSPS) is 25.2. The number of phenols is 1. The lowest BCUT2D eigenvalue weighted by molar-refractivity contribution is -0.162. The zero-order chi connectivity index (χ0) is 24.0. The van der Waals surface area contributed by atoms with Crippen LogP contribution in [-0.4, -0.2) is 61.4 Å². The molecule has 9 heteroatoms. The van der Waals surface area contributed by atoms with Crippen LogP contribution in [0.15, 0.2) is 54.6 Å². The number of aliphatic hydroxyl groups excluding tert-OH is 1. The first-order chi connectivity index (χ1) is 15.6. The lowest BCUT2D eigenvalue weighted by Crippen LogP contribution is -2.57. The van der Waals surface area contributed by atoms with Crippen molar-refractivity contribution >= 4 is 32.8 Å². The molecule has 2 aromatic rings. The summed E-state index contributed by atoms with van der Waals surface area (Å²) in [5.74, 6) is -1.18. The third-order valence-electron chi connectivity index (χ3n) is 6.76. The van der Waals surface area contributed by atoms with Crippen LogP contribution in [-0.2, 0) is 20.9 Å². The molecule has 2 fully saturated rings. The Morgan fingerprint density at radius 1 is 1.15 bits per heavy atom. The van der Waals surface area contributed by atoms with E-state index in [9.17, 15) is 24.6 Å². The zero-order valence-electron chi connectivity index (χ0n) is 18.8. The van der Waals surface area contributed by atoms with E-state index in [0.717, 1.165) is 5.56 Å². The second-order valence-electron chi connectivity index (χ2n) is 8.82. The van der Waals surface area contributed by atoms with Gasteiger partial charge in [0.05, 0.1) is 17.7 Å². The fourth-order valence-corrected chi connectivity index (χ4v) is 9.07. The van der Waals surface area contributed by atoms with Gasteiger partial charge in [-0.05, 0) is 43.7 Å². The van der Waals surface area contributed by atoms with Gasteiger partial charge in [0.25, 0.3) is 5.24 Å². The number of hydrogen-bond acceptors (Lipinski definition) is 6. The lowest BCUT2D eigenvalue weighted by Gasteiger charge is -2.50. The van der Waals surface area contributed by atoms with E-state index < -0.39 is 38.1 Å². The summed E-state index contributed by atoms with van der Waals surface area (Å²) in [5, 5.41) is 19.4. The molecule has 0 aromatic heterocycles. The zero-order valence-corrected chi connectivity index (χ0v) is 19.6. The van der Waals surface area contributed by atoms with Gasteiger partial charge in [-0.2, -0.15) is 0 Å². The number of β-lactam (4-membered cyclic amide) rings is 1. The number of ether oxygens (including phenoxy) is 1. The largest absolute Gasteiger partial charge is 0.508 e. The molecule has 176 valence electrons. The quantitative estimate of drug-likeness (QED) is 0.511. The van der Waals surface area contributed by atoms with E-state index in [1.165, 1.54) is 21.9 Å². The second kappa shape index (κ2) is 8.39. The highest BCUT2D eigenvalue weighted by Gasteiger charge is 2.72. The molecule has 0 bridgehead atoms. The average Bonchev–Trinajstić information content (AvgIpc) is 2.97. The van der Waals surface area contributed by atoms with Crippen LogP contribution in [0.5, 0.6) is 5.75 Å². The van der Waals surface area contributed by atoms with Gasteiger partial charge in [0.15, 0.2) is 0 Å². The number of fused-ring (bicyclic) bond motifs is 1. The number of esters is 1. The highest BCUT2D eigenvalue weighted by Crippen LogP contribution is 2.74. The second-order valence-corrected chi connectivity index (χ2v) is 12.6. The van der Waals surface area contributed by atoms with Gasteiger partial charge in [-0.15, -0.1) is 10.0 Å². The number of rotatable bonds is 5. The van der Waals surface area contributed by atoms with Gasteiger partial charge < -0.3 is 24.7 Å². The maximum absolute atomic E-state index is 13.9. The molecule has 0 aliphatic carbocycles. The van der Waals surface area contributed by atoms with Crippen LogP contribution >= 0.6 is 10.0 Å². The molecular formula is C24H28N2O6S. The van der Waals surface area contributed by atoms with E-state index in [0.29, 0.717) is 5.69 Å². The Balaban J connectivity index is 1.66. The molecule has 2 amide bonds. The molecule has 3 atom stereocenters. The number of nitrogens with zero attached hydrogens (tertiary/aromatic N) is 2. The SMILES string of the molecule is CN(C(=O)[S@]1(CO)[C@@H]2CC(=O)N2[C@@H](C(=O)OCc2ccccc2)C1(C)C)c1ccc(O)cc1. The molecule has 2 aromatic carbocycles. The van der Waals surface area contributed by atoms with Crippen molar-refractivity contribution in [3.05, 3.63) is 60.2 Å². The Labute approximate surface area is 194 Å². The highest BCUT2D eigenvalue weighted by atomic mass is 32.3. The van der Waals surface area contributed by atoms with Crippen molar-refractivity contribution in [1.82, 2.24) is 4.90 Å². The number of anilines is 1. The van der Waals surface area contributed by atoms with E-state index in [1.54, 1.807) is 33.0 Å². The highest BCUT2D eigenvalue weighted by molar-refractivity contribution is 8.46. The first kappa shape index (κ1) is 23.1. The summed E-state index contributed by atoms with van der Waals surface area (Å²) in [7, 11) is -0.982. The maximum atomic E-state index is 13.9. The van der Waals surface area contributed by atoms with E-state index in [2.05, 4.69) is 0 Å². The molecule has 2 N–H and O–H groups in total. The van der Waals surface area contributed by atoms with E-state index in [4.69, 9.17) is 4.74 Å². The molecule has 4 rings (SSSR count).